The molecule has 0 radical (unpaired) electrons. The SMILES string of the molecule is C=Nc1cc(CN2C(=O)C3C(C2=O)C3(C)C)sc1/C(=C\C)c1nc(Cl)cc(C)c1NCCCNC(=O)OC(C)(C)C. The van der Waals surface area contributed by atoms with Crippen LogP contribution in [0.15, 0.2) is 23.2 Å². The Morgan fingerprint density at radius 1 is 1.24 bits per heavy atom. The molecule has 1 saturated heterocycles. The number of piperidine rings is 1. The summed E-state index contributed by atoms with van der Waals surface area (Å²) in [6.45, 7) is 18.3. The zero-order valence-electron chi connectivity index (χ0n) is 24.7. The fourth-order valence-electron chi connectivity index (χ4n) is 5.37. The number of halogens is 1. The number of thiophene rings is 1. The second-order valence-corrected chi connectivity index (χ2v) is 13.5. The summed E-state index contributed by atoms with van der Waals surface area (Å²) in [7, 11) is 0. The zero-order chi connectivity index (χ0) is 30.3. The number of nitrogens with one attached hydrogen (secondary N) is 2. The van der Waals surface area contributed by atoms with E-state index in [4.69, 9.17) is 16.3 Å². The molecule has 2 fully saturated rings. The molecule has 1 aliphatic heterocycles. The molecule has 2 aromatic rings. The van der Waals surface area contributed by atoms with Crippen LogP contribution in [-0.2, 0) is 20.9 Å². The van der Waals surface area contributed by atoms with Crippen LogP contribution >= 0.6 is 22.9 Å². The van der Waals surface area contributed by atoms with Gasteiger partial charge in [0.05, 0.1) is 40.3 Å². The van der Waals surface area contributed by atoms with Crippen molar-refractivity contribution in [2.45, 2.75) is 67.0 Å². The Balaban J connectivity index is 1.51. The molecule has 2 N–H and O–H groups in total. The maximum Gasteiger partial charge on any atom is 0.407 e. The minimum atomic E-state index is -0.552. The first-order valence-electron chi connectivity index (χ1n) is 13.7. The molecule has 4 rings (SSSR count). The van der Waals surface area contributed by atoms with Gasteiger partial charge in [-0.2, -0.15) is 0 Å². The minimum absolute atomic E-state index is 0.0981. The quantitative estimate of drug-likeness (QED) is 0.142. The molecular weight excluding hydrogens is 562 g/mol. The third-order valence-electron chi connectivity index (χ3n) is 7.44. The standard InChI is InChI=1S/C30H38ClN5O4S/c1-9-18(24-23(16(2)13-20(31)35-24)33-11-10-12-34-28(39)40-29(3,4)5)25-19(32-8)14-17(41-25)15-36-26(37)21-22(27(36)38)30(21,6)7/h9,13-14,21-22,33H,8,10-12,15H2,1-7H3,(H,34,39)/b18-9-. The Morgan fingerprint density at radius 3 is 2.49 bits per heavy atom. The Morgan fingerprint density at radius 2 is 1.90 bits per heavy atom. The summed E-state index contributed by atoms with van der Waals surface area (Å²) >= 11 is 7.86. The second-order valence-electron chi connectivity index (χ2n) is 12.0. The van der Waals surface area contributed by atoms with E-state index in [0.717, 1.165) is 26.6 Å². The van der Waals surface area contributed by atoms with Crippen molar-refractivity contribution in [3.63, 3.8) is 0 Å². The average Bonchev–Trinajstić information content (AvgIpc) is 3.11. The summed E-state index contributed by atoms with van der Waals surface area (Å²) in [6, 6.07) is 3.67. The van der Waals surface area contributed by atoms with Gasteiger partial charge >= 0.3 is 6.09 Å². The van der Waals surface area contributed by atoms with Crippen molar-refractivity contribution in [3.8, 4) is 0 Å². The largest absolute Gasteiger partial charge is 0.444 e. The number of carbonyl (C=O) groups is 3. The lowest BCUT2D eigenvalue weighted by atomic mass is 10.0. The van der Waals surface area contributed by atoms with E-state index in [1.54, 1.807) is 6.07 Å². The van der Waals surface area contributed by atoms with Crippen LogP contribution in [0.5, 0.6) is 0 Å². The molecule has 2 atom stereocenters. The van der Waals surface area contributed by atoms with E-state index in [0.29, 0.717) is 36.0 Å². The van der Waals surface area contributed by atoms with Crippen molar-refractivity contribution in [3.05, 3.63) is 44.4 Å². The monoisotopic (exact) mass is 599 g/mol. The van der Waals surface area contributed by atoms with Crippen molar-refractivity contribution in [1.29, 1.82) is 0 Å². The number of ether oxygens (including phenoxy) is 1. The van der Waals surface area contributed by atoms with Crippen LogP contribution < -0.4 is 10.6 Å². The maximum atomic E-state index is 12.9. The molecule has 2 unspecified atom stereocenters. The second kappa shape index (κ2) is 11.6. The third kappa shape index (κ3) is 6.33. The average molecular weight is 600 g/mol. The third-order valence-corrected chi connectivity index (χ3v) is 8.77. The van der Waals surface area contributed by atoms with Crippen molar-refractivity contribution in [2.75, 3.05) is 18.4 Å². The number of hydrogen-bond donors (Lipinski definition) is 2. The first-order valence-corrected chi connectivity index (χ1v) is 14.9. The lowest BCUT2D eigenvalue weighted by Gasteiger charge is -2.20. The van der Waals surface area contributed by atoms with Crippen molar-refractivity contribution in [1.82, 2.24) is 15.2 Å². The van der Waals surface area contributed by atoms with E-state index < -0.39 is 11.7 Å². The van der Waals surface area contributed by atoms with Crippen molar-refractivity contribution in [2.24, 2.45) is 22.2 Å². The number of nitrogens with zero attached hydrogens (tertiary/aromatic N) is 3. The van der Waals surface area contributed by atoms with E-state index in [1.165, 1.54) is 16.2 Å². The zero-order valence-corrected chi connectivity index (χ0v) is 26.3. The number of anilines is 1. The highest BCUT2D eigenvalue weighted by atomic mass is 35.5. The first kappa shape index (κ1) is 30.7. The van der Waals surface area contributed by atoms with E-state index in [9.17, 15) is 14.4 Å². The fraction of sp³-hybridized carbons (Fsp3) is 0.500. The summed E-state index contributed by atoms with van der Waals surface area (Å²) in [5, 5.41) is 6.58. The first-order chi connectivity index (χ1) is 19.2. The highest BCUT2D eigenvalue weighted by molar-refractivity contribution is 7.13. The van der Waals surface area contributed by atoms with Gasteiger partial charge < -0.3 is 15.4 Å². The number of hydrogen-bond acceptors (Lipinski definition) is 8. The number of aryl methyl sites for hydroxylation is 1. The van der Waals surface area contributed by atoms with E-state index in [1.807, 2.05) is 60.6 Å². The Hall–Kier alpha value is -3.24. The molecule has 3 heterocycles. The number of amides is 3. The lowest BCUT2D eigenvalue weighted by molar-refractivity contribution is -0.143. The number of alkyl carbamates (subject to hydrolysis) is 1. The Labute approximate surface area is 250 Å². The summed E-state index contributed by atoms with van der Waals surface area (Å²) in [4.78, 5) is 49.7. The van der Waals surface area contributed by atoms with Crippen LogP contribution in [0.25, 0.3) is 5.57 Å². The molecule has 41 heavy (non-hydrogen) atoms. The molecule has 2 aromatic heterocycles. The van der Waals surface area contributed by atoms with Crippen LogP contribution in [0.1, 0.15) is 69.0 Å². The normalized spacial score (nSPS) is 19.7. The fourth-order valence-corrected chi connectivity index (χ4v) is 6.79. The van der Waals surface area contributed by atoms with Gasteiger partial charge in [-0.3, -0.25) is 19.5 Å². The number of imide groups is 1. The smallest absolute Gasteiger partial charge is 0.407 e. The number of rotatable bonds is 10. The molecule has 3 amide bonds. The predicted octanol–water partition coefficient (Wildman–Crippen LogP) is 6.36. The van der Waals surface area contributed by atoms with E-state index in [-0.39, 0.29) is 35.6 Å². The Bertz CT molecular complexity index is 1400. The van der Waals surface area contributed by atoms with Crippen LogP contribution in [-0.4, -0.2) is 53.2 Å². The van der Waals surface area contributed by atoms with Gasteiger partial charge in [0.1, 0.15) is 10.8 Å². The summed E-state index contributed by atoms with van der Waals surface area (Å²) < 4.78 is 5.29. The number of aliphatic imine (C=N–C) groups is 1. The van der Waals surface area contributed by atoms with Gasteiger partial charge in [-0.25, -0.2) is 9.78 Å². The van der Waals surface area contributed by atoms with Crippen molar-refractivity contribution < 1.29 is 19.1 Å². The van der Waals surface area contributed by atoms with Gasteiger partial charge in [-0.15, -0.1) is 11.3 Å². The lowest BCUT2D eigenvalue weighted by Crippen LogP contribution is -2.35. The molecule has 1 saturated carbocycles. The summed E-state index contributed by atoms with van der Waals surface area (Å²) in [5.74, 6) is -0.633. The molecule has 2 aliphatic rings. The van der Waals surface area contributed by atoms with Crippen LogP contribution in [0, 0.1) is 24.2 Å². The summed E-state index contributed by atoms with van der Waals surface area (Å²) in [5.41, 5.74) is 3.05. The van der Waals surface area contributed by atoms with Gasteiger partial charge in [-0.1, -0.05) is 31.5 Å². The molecule has 0 aromatic carbocycles. The van der Waals surface area contributed by atoms with E-state index in [2.05, 4.69) is 27.3 Å². The van der Waals surface area contributed by atoms with Gasteiger partial charge in [0.15, 0.2) is 0 Å². The number of aromatic nitrogens is 1. The highest BCUT2D eigenvalue weighted by Gasteiger charge is 2.72. The van der Waals surface area contributed by atoms with Gasteiger partial charge in [0.2, 0.25) is 11.8 Å². The highest BCUT2D eigenvalue weighted by Crippen LogP contribution is 2.63. The van der Waals surface area contributed by atoms with Gasteiger partial charge in [0.25, 0.3) is 0 Å². The number of carbonyl (C=O) groups excluding carboxylic acids is 3. The molecule has 9 nitrogen and oxygen atoms in total. The van der Waals surface area contributed by atoms with Gasteiger partial charge in [-0.05, 0) is 70.9 Å². The van der Waals surface area contributed by atoms with Crippen LogP contribution in [0.4, 0.5) is 16.2 Å². The van der Waals surface area contributed by atoms with Crippen molar-refractivity contribution >= 4 is 64.5 Å². The summed E-state index contributed by atoms with van der Waals surface area (Å²) in [6.07, 6.45) is 2.15. The molecule has 1 aliphatic carbocycles. The topological polar surface area (TPSA) is 113 Å². The number of allylic oxidation sites excluding steroid dienone is 1. The van der Waals surface area contributed by atoms with Gasteiger partial charge in [0, 0.05) is 23.5 Å². The molecule has 11 heteroatoms. The number of likely N-dealkylation sites (tertiary alicyclic amines) is 1. The Kier molecular flexibility index (Phi) is 8.66. The predicted molar refractivity (Wildman–Crippen MR) is 164 cm³/mol. The molecule has 0 bridgehead atoms. The molecule has 220 valence electrons. The van der Waals surface area contributed by atoms with Crippen LogP contribution in [0.3, 0.4) is 0 Å². The maximum absolute atomic E-state index is 12.9. The molecule has 0 spiro atoms. The van der Waals surface area contributed by atoms with E-state index >= 15 is 0 Å². The number of fused-ring (bicyclic) bond motifs is 1. The number of pyridine rings is 1. The van der Waals surface area contributed by atoms with Crippen LogP contribution in [0.2, 0.25) is 5.15 Å². The minimum Gasteiger partial charge on any atom is -0.444 e. The molecular formula is C30H38ClN5O4S.